The van der Waals surface area contributed by atoms with Crippen molar-refractivity contribution >= 4 is 5.82 Å². The fourth-order valence-electron chi connectivity index (χ4n) is 2.31. The van der Waals surface area contributed by atoms with Crippen molar-refractivity contribution in [1.82, 2.24) is 4.98 Å². The van der Waals surface area contributed by atoms with Crippen LogP contribution in [0, 0.1) is 6.92 Å². The van der Waals surface area contributed by atoms with Crippen LogP contribution in [0.25, 0.3) is 0 Å². The van der Waals surface area contributed by atoms with Crippen LogP contribution in [0.3, 0.4) is 0 Å². The first kappa shape index (κ1) is 15.9. The van der Waals surface area contributed by atoms with Gasteiger partial charge in [-0.2, -0.15) is 0 Å². The molecule has 0 saturated heterocycles. The molecular weight excluding hydrogens is 240 g/mol. The zero-order valence-corrected chi connectivity index (χ0v) is 12.5. The van der Waals surface area contributed by atoms with Crippen LogP contribution >= 0.6 is 0 Å². The highest BCUT2D eigenvalue weighted by atomic mass is 16.5. The third kappa shape index (κ3) is 4.18. The molecular formula is C15H26N2O2. The molecule has 0 radical (unpaired) electrons. The van der Waals surface area contributed by atoms with Gasteiger partial charge in [0.05, 0.1) is 13.2 Å². The number of anilines is 1. The van der Waals surface area contributed by atoms with Crippen LogP contribution in [-0.4, -0.2) is 36.4 Å². The SMILES string of the molecule is CCC(CC)N(CCOC)c1ccc(CO)c(C)n1. The van der Waals surface area contributed by atoms with Crippen LogP contribution in [0.5, 0.6) is 0 Å². The number of hydrogen-bond donors (Lipinski definition) is 1. The molecule has 0 fully saturated rings. The highest BCUT2D eigenvalue weighted by Crippen LogP contribution is 2.20. The Morgan fingerprint density at radius 2 is 2.00 bits per heavy atom. The van der Waals surface area contributed by atoms with Gasteiger partial charge in [-0.15, -0.1) is 0 Å². The van der Waals surface area contributed by atoms with E-state index in [1.54, 1.807) is 7.11 Å². The molecule has 1 aromatic heterocycles. The van der Waals surface area contributed by atoms with Gasteiger partial charge in [0.2, 0.25) is 0 Å². The van der Waals surface area contributed by atoms with E-state index >= 15 is 0 Å². The van der Waals surface area contributed by atoms with Crippen LogP contribution in [0.1, 0.15) is 37.9 Å². The van der Waals surface area contributed by atoms with Crippen LogP contribution in [0.15, 0.2) is 12.1 Å². The lowest BCUT2D eigenvalue weighted by Gasteiger charge is -2.31. The van der Waals surface area contributed by atoms with Gasteiger partial charge in [-0.05, 0) is 31.4 Å². The highest BCUT2D eigenvalue weighted by Gasteiger charge is 2.17. The summed E-state index contributed by atoms with van der Waals surface area (Å²) in [4.78, 5) is 6.93. The minimum absolute atomic E-state index is 0.0438. The van der Waals surface area contributed by atoms with Crippen molar-refractivity contribution in [3.8, 4) is 0 Å². The van der Waals surface area contributed by atoms with E-state index in [2.05, 4.69) is 23.7 Å². The van der Waals surface area contributed by atoms with Gasteiger partial charge in [0, 0.05) is 25.4 Å². The molecule has 0 aliphatic rings. The molecule has 0 aliphatic heterocycles. The van der Waals surface area contributed by atoms with Gasteiger partial charge in [-0.3, -0.25) is 0 Å². The second-order valence-electron chi connectivity index (χ2n) is 4.73. The van der Waals surface area contributed by atoms with E-state index in [1.807, 2.05) is 19.1 Å². The standard InChI is InChI=1S/C15H26N2O2/c1-5-14(6-2)17(9-10-19-4)15-8-7-13(11-18)12(3)16-15/h7-8,14,18H,5-6,9-11H2,1-4H3. The number of ether oxygens (including phenoxy) is 1. The quantitative estimate of drug-likeness (QED) is 0.785. The summed E-state index contributed by atoms with van der Waals surface area (Å²) in [6, 6.07) is 4.42. The van der Waals surface area contributed by atoms with E-state index < -0.39 is 0 Å². The average Bonchev–Trinajstić information content (AvgIpc) is 2.43. The topological polar surface area (TPSA) is 45.6 Å². The van der Waals surface area contributed by atoms with Gasteiger partial charge in [-0.25, -0.2) is 4.98 Å². The molecule has 0 amide bonds. The Balaban J connectivity index is 2.98. The third-order valence-electron chi connectivity index (χ3n) is 3.56. The molecule has 0 spiro atoms. The van der Waals surface area contributed by atoms with Gasteiger partial charge < -0.3 is 14.7 Å². The van der Waals surface area contributed by atoms with Crippen molar-refractivity contribution < 1.29 is 9.84 Å². The summed E-state index contributed by atoms with van der Waals surface area (Å²) in [5.41, 5.74) is 1.79. The van der Waals surface area contributed by atoms with E-state index in [0.717, 1.165) is 36.5 Å². The van der Waals surface area contributed by atoms with Gasteiger partial charge in [0.25, 0.3) is 0 Å². The van der Waals surface area contributed by atoms with Crippen LogP contribution in [0.2, 0.25) is 0 Å². The Hall–Kier alpha value is -1.13. The lowest BCUT2D eigenvalue weighted by Crippen LogP contribution is -2.37. The normalized spacial score (nSPS) is 11.1. The van der Waals surface area contributed by atoms with Crippen LogP contribution < -0.4 is 4.90 Å². The van der Waals surface area contributed by atoms with Crippen molar-refractivity contribution in [2.24, 2.45) is 0 Å². The minimum atomic E-state index is 0.0438. The minimum Gasteiger partial charge on any atom is -0.392 e. The van der Waals surface area contributed by atoms with E-state index in [-0.39, 0.29) is 6.61 Å². The molecule has 1 heterocycles. The van der Waals surface area contributed by atoms with E-state index in [4.69, 9.17) is 4.74 Å². The Morgan fingerprint density at radius 3 is 2.47 bits per heavy atom. The first-order valence-corrected chi connectivity index (χ1v) is 7.00. The molecule has 0 saturated carbocycles. The van der Waals surface area contributed by atoms with Gasteiger partial charge in [0.15, 0.2) is 0 Å². The average molecular weight is 266 g/mol. The molecule has 1 rings (SSSR count). The maximum absolute atomic E-state index is 9.22. The van der Waals surface area contributed by atoms with Crippen molar-refractivity contribution in [1.29, 1.82) is 0 Å². The number of nitrogens with zero attached hydrogens (tertiary/aromatic N) is 2. The molecule has 19 heavy (non-hydrogen) atoms. The van der Waals surface area contributed by atoms with E-state index in [0.29, 0.717) is 12.6 Å². The number of rotatable bonds is 8. The van der Waals surface area contributed by atoms with E-state index in [9.17, 15) is 5.11 Å². The first-order chi connectivity index (χ1) is 9.17. The predicted octanol–water partition coefficient (Wildman–Crippen LogP) is 2.52. The summed E-state index contributed by atoms with van der Waals surface area (Å²) in [6.07, 6.45) is 2.17. The van der Waals surface area contributed by atoms with E-state index in [1.165, 1.54) is 0 Å². The van der Waals surface area contributed by atoms with Crippen molar-refractivity contribution in [3.63, 3.8) is 0 Å². The summed E-state index contributed by atoms with van der Waals surface area (Å²) >= 11 is 0. The van der Waals surface area contributed by atoms with Crippen molar-refractivity contribution in [2.75, 3.05) is 25.2 Å². The second kappa shape index (κ2) is 8.12. The Labute approximate surface area is 116 Å². The molecule has 1 N–H and O–H groups in total. The number of aliphatic hydroxyl groups is 1. The molecule has 0 atom stereocenters. The predicted molar refractivity (Wildman–Crippen MR) is 78.5 cm³/mol. The lowest BCUT2D eigenvalue weighted by atomic mass is 10.1. The van der Waals surface area contributed by atoms with Crippen LogP contribution in [-0.2, 0) is 11.3 Å². The lowest BCUT2D eigenvalue weighted by molar-refractivity contribution is 0.202. The largest absolute Gasteiger partial charge is 0.392 e. The fraction of sp³-hybridized carbons (Fsp3) is 0.667. The molecule has 108 valence electrons. The summed E-state index contributed by atoms with van der Waals surface area (Å²) in [5.74, 6) is 0.973. The molecule has 0 unspecified atom stereocenters. The smallest absolute Gasteiger partial charge is 0.129 e. The second-order valence-corrected chi connectivity index (χ2v) is 4.73. The zero-order chi connectivity index (χ0) is 14.3. The Kier molecular flexibility index (Phi) is 6.81. The molecule has 0 aromatic carbocycles. The van der Waals surface area contributed by atoms with Crippen LogP contribution in [0.4, 0.5) is 5.82 Å². The summed E-state index contributed by atoms with van der Waals surface area (Å²) in [6.45, 7) is 7.91. The number of hydrogen-bond acceptors (Lipinski definition) is 4. The number of methoxy groups -OCH3 is 1. The monoisotopic (exact) mass is 266 g/mol. The molecule has 0 bridgehead atoms. The summed E-state index contributed by atoms with van der Waals surface area (Å²) in [5, 5.41) is 9.22. The summed E-state index contributed by atoms with van der Waals surface area (Å²) in [7, 11) is 1.72. The Morgan fingerprint density at radius 1 is 1.32 bits per heavy atom. The molecule has 1 aromatic rings. The number of pyridine rings is 1. The first-order valence-electron chi connectivity index (χ1n) is 7.00. The number of aliphatic hydroxyl groups excluding tert-OH is 1. The van der Waals surface area contributed by atoms with Crippen molar-refractivity contribution in [3.05, 3.63) is 23.4 Å². The zero-order valence-electron chi connectivity index (χ0n) is 12.5. The number of aryl methyl sites for hydroxylation is 1. The van der Waals surface area contributed by atoms with Crippen molar-refractivity contribution in [2.45, 2.75) is 46.3 Å². The Bertz CT molecular complexity index is 378. The summed E-state index contributed by atoms with van der Waals surface area (Å²) < 4.78 is 5.20. The molecule has 0 aliphatic carbocycles. The van der Waals surface area contributed by atoms with Gasteiger partial charge in [-0.1, -0.05) is 19.9 Å². The number of aromatic nitrogens is 1. The van der Waals surface area contributed by atoms with Gasteiger partial charge in [0.1, 0.15) is 5.82 Å². The third-order valence-corrected chi connectivity index (χ3v) is 3.56. The fourth-order valence-corrected chi connectivity index (χ4v) is 2.31. The van der Waals surface area contributed by atoms with Gasteiger partial charge >= 0.3 is 0 Å². The molecule has 4 heteroatoms. The highest BCUT2D eigenvalue weighted by molar-refractivity contribution is 5.42. The molecule has 4 nitrogen and oxygen atoms in total. The maximum Gasteiger partial charge on any atom is 0.129 e. The maximum atomic E-state index is 9.22.